The molecule has 96 valence electrons. The number of carbonyl (C=O) groups excluding carboxylic acids is 1. The largest absolute Gasteiger partial charge is 0.394 e. The van der Waals surface area contributed by atoms with Crippen LogP contribution < -0.4 is 10.6 Å². The molecule has 0 aromatic heterocycles. The van der Waals surface area contributed by atoms with Crippen molar-refractivity contribution in [1.29, 1.82) is 0 Å². The van der Waals surface area contributed by atoms with Gasteiger partial charge in [-0.25, -0.2) is 4.79 Å². The summed E-state index contributed by atoms with van der Waals surface area (Å²) >= 11 is 1.70. The summed E-state index contributed by atoms with van der Waals surface area (Å²) in [5.74, 6) is 1.35. The molecule has 2 atom stereocenters. The van der Waals surface area contributed by atoms with Gasteiger partial charge < -0.3 is 15.7 Å². The molecule has 0 saturated carbocycles. The first-order valence-corrected chi connectivity index (χ1v) is 7.05. The molecule has 5 heteroatoms. The van der Waals surface area contributed by atoms with Crippen molar-refractivity contribution in [2.75, 3.05) is 18.6 Å². The molecule has 0 spiro atoms. The summed E-state index contributed by atoms with van der Waals surface area (Å²) in [5, 5.41) is 14.7. The number of thioether (sulfide) groups is 1. The zero-order valence-electron chi connectivity index (χ0n) is 10.6. The van der Waals surface area contributed by atoms with Crippen LogP contribution in [0.15, 0.2) is 0 Å². The van der Waals surface area contributed by atoms with Crippen LogP contribution >= 0.6 is 11.8 Å². The van der Waals surface area contributed by atoms with Crippen molar-refractivity contribution in [3.05, 3.63) is 0 Å². The van der Waals surface area contributed by atoms with Gasteiger partial charge in [-0.1, -0.05) is 13.8 Å². The van der Waals surface area contributed by atoms with E-state index in [9.17, 15) is 4.79 Å². The molecule has 2 unspecified atom stereocenters. The second kappa shape index (κ2) is 8.70. The zero-order chi connectivity index (χ0) is 12.6. The van der Waals surface area contributed by atoms with Gasteiger partial charge >= 0.3 is 6.03 Å². The van der Waals surface area contributed by atoms with Gasteiger partial charge in [0, 0.05) is 11.8 Å². The number of hydrogen-bond acceptors (Lipinski definition) is 3. The van der Waals surface area contributed by atoms with Gasteiger partial charge in [0.15, 0.2) is 0 Å². The molecule has 0 aliphatic rings. The van der Waals surface area contributed by atoms with E-state index in [4.69, 9.17) is 5.11 Å². The Balaban J connectivity index is 3.91. The number of rotatable bonds is 7. The summed E-state index contributed by atoms with van der Waals surface area (Å²) in [6.07, 6.45) is 2.80. The maximum absolute atomic E-state index is 11.5. The van der Waals surface area contributed by atoms with Crippen LogP contribution in [0.2, 0.25) is 0 Å². The molecule has 0 aromatic rings. The fourth-order valence-corrected chi connectivity index (χ4v) is 2.07. The highest BCUT2D eigenvalue weighted by molar-refractivity contribution is 7.98. The molecule has 0 fully saturated rings. The molecular formula is C11H24N2O2S. The van der Waals surface area contributed by atoms with Gasteiger partial charge in [-0.2, -0.15) is 11.8 Å². The van der Waals surface area contributed by atoms with Gasteiger partial charge in [0.2, 0.25) is 0 Å². The molecule has 0 aliphatic heterocycles. The van der Waals surface area contributed by atoms with Crippen molar-refractivity contribution in [3.63, 3.8) is 0 Å². The minimum Gasteiger partial charge on any atom is -0.394 e. The first-order valence-electron chi connectivity index (χ1n) is 5.66. The topological polar surface area (TPSA) is 61.4 Å². The van der Waals surface area contributed by atoms with E-state index in [1.54, 1.807) is 11.8 Å². The van der Waals surface area contributed by atoms with E-state index in [0.29, 0.717) is 5.92 Å². The summed E-state index contributed by atoms with van der Waals surface area (Å²) in [6.45, 7) is 6.09. The van der Waals surface area contributed by atoms with Crippen LogP contribution in [-0.4, -0.2) is 41.8 Å². The molecule has 4 nitrogen and oxygen atoms in total. The fraction of sp³-hybridized carbons (Fsp3) is 0.909. The van der Waals surface area contributed by atoms with Crippen molar-refractivity contribution < 1.29 is 9.90 Å². The molecular weight excluding hydrogens is 224 g/mol. The van der Waals surface area contributed by atoms with E-state index in [2.05, 4.69) is 24.5 Å². The van der Waals surface area contributed by atoms with Crippen LogP contribution in [-0.2, 0) is 0 Å². The quantitative estimate of drug-likeness (QED) is 0.639. The number of urea groups is 1. The average molecular weight is 248 g/mol. The van der Waals surface area contributed by atoms with Crippen LogP contribution in [0.25, 0.3) is 0 Å². The molecule has 0 aliphatic carbocycles. The molecule has 0 rings (SSSR count). The Hall–Kier alpha value is -0.420. The SMILES string of the molecule is CSCC(C)NC(=O)NC(CO)CC(C)C. The van der Waals surface area contributed by atoms with Gasteiger partial charge in [-0.3, -0.25) is 0 Å². The molecule has 0 saturated heterocycles. The smallest absolute Gasteiger partial charge is 0.315 e. The number of aliphatic hydroxyl groups excluding tert-OH is 1. The summed E-state index contributed by atoms with van der Waals surface area (Å²) in [4.78, 5) is 11.5. The Morgan fingerprint density at radius 3 is 2.38 bits per heavy atom. The molecule has 16 heavy (non-hydrogen) atoms. The molecule has 0 heterocycles. The van der Waals surface area contributed by atoms with E-state index in [1.807, 2.05) is 13.2 Å². The lowest BCUT2D eigenvalue weighted by Crippen LogP contribution is -2.47. The number of hydrogen-bond donors (Lipinski definition) is 3. The lowest BCUT2D eigenvalue weighted by atomic mass is 10.0. The Kier molecular flexibility index (Phi) is 8.47. The summed E-state index contributed by atoms with van der Waals surface area (Å²) in [5.41, 5.74) is 0. The van der Waals surface area contributed by atoms with E-state index >= 15 is 0 Å². The highest BCUT2D eigenvalue weighted by Crippen LogP contribution is 2.04. The number of aliphatic hydroxyl groups is 1. The van der Waals surface area contributed by atoms with Crippen LogP contribution in [0.4, 0.5) is 4.79 Å². The van der Waals surface area contributed by atoms with Crippen LogP contribution in [0.1, 0.15) is 27.2 Å². The number of amides is 2. The van der Waals surface area contributed by atoms with Crippen molar-refractivity contribution in [2.24, 2.45) is 5.92 Å². The molecule has 0 aromatic carbocycles. The normalized spacial score (nSPS) is 14.6. The van der Waals surface area contributed by atoms with Crippen LogP contribution in [0, 0.1) is 5.92 Å². The van der Waals surface area contributed by atoms with Gasteiger partial charge in [-0.15, -0.1) is 0 Å². The zero-order valence-corrected chi connectivity index (χ0v) is 11.4. The van der Waals surface area contributed by atoms with Gasteiger partial charge in [-0.05, 0) is 25.5 Å². The fourth-order valence-electron chi connectivity index (χ4n) is 1.49. The third kappa shape index (κ3) is 7.82. The highest BCUT2D eigenvalue weighted by atomic mass is 32.2. The number of carbonyl (C=O) groups is 1. The molecule has 0 bridgehead atoms. The van der Waals surface area contributed by atoms with E-state index in [1.165, 1.54) is 0 Å². The first kappa shape index (κ1) is 15.6. The lowest BCUT2D eigenvalue weighted by Gasteiger charge is -2.20. The predicted octanol–water partition coefficient (Wildman–Crippen LogP) is 1.44. The Morgan fingerprint density at radius 1 is 1.31 bits per heavy atom. The van der Waals surface area contributed by atoms with E-state index in [-0.39, 0.29) is 24.7 Å². The monoisotopic (exact) mass is 248 g/mol. The third-order valence-corrected chi connectivity index (χ3v) is 2.94. The van der Waals surface area contributed by atoms with Gasteiger partial charge in [0.25, 0.3) is 0 Å². The second-order valence-corrected chi connectivity index (χ2v) is 5.39. The molecule has 0 radical (unpaired) electrons. The Morgan fingerprint density at radius 2 is 1.94 bits per heavy atom. The van der Waals surface area contributed by atoms with Crippen molar-refractivity contribution in [3.8, 4) is 0 Å². The lowest BCUT2D eigenvalue weighted by molar-refractivity contribution is 0.205. The minimum atomic E-state index is -0.193. The number of nitrogens with one attached hydrogen (secondary N) is 2. The Labute approximate surface area is 103 Å². The Bertz CT molecular complexity index is 200. The maximum atomic E-state index is 11.5. The van der Waals surface area contributed by atoms with E-state index in [0.717, 1.165) is 12.2 Å². The second-order valence-electron chi connectivity index (χ2n) is 4.48. The summed E-state index contributed by atoms with van der Waals surface area (Å²) in [7, 11) is 0. The summed E-state index contributed by atoms with van der Waals surface area (Å²) < 4.78 is 0. The standard InChI is InChI=1S/C11H24N2O2S/c1-8(2)5-10(6-14)13-11(15)12-9(3)7-16-4/h8-10,14H,5-7H2,1-4H3,(H2,12,13,15). The summed E-state index contributed by atoms with van der Waals surface area (Å²) in [6, 6.07) is -0.198. The van der Waals surface area contributed by atoms with Gasteiger partial charge in [0.05, 0.1) is 12.6 Å². The predicted molar refractivity (Wildman–Crippen MR) is 69.8 cm³/mol. The maximum Gasteiger partial charge on any atom is 0.315 e. The first-order chi connectivity index (χ1) is 7.49. The van der Waals surface area contributed by atoms with E-state index < -0.39 is 0 Å². The van der Waals surface area contributed by atoms with Gasteiger partial charge in [0.1, 0.15) is 0 Å². The third-order valence-electron chi connectivity index (χ3n) is 2.11. The van der Waals surface area contributed by atoms with Crippen molar-refractivity contribution in [1.82, 2.24) is 10.6 Å². The van der Waals surface area contributed by atoms with Crippen LogP contribution in [0.3, 0.4) is 0 Å². The molecule has 2 amide bonds. The van der Waals surface area contributed by atoms with Crippen molar-refractivity contribution >= 4 is 17.8 Å². The van der Waals surface area contributed by atoms with Crippen LogP contribution in [0.5, 0.6) is 0 Å². The van der Waals surface area contributed by atoms with Crippen molar-refractivity contribution in [2.45, 2.75) is 39.3 Å². The average Bonchev–Trinajstić information content (AvgIpc) is 2.15. The highest BCUT2D eigenvalue weighted by Gasteiger charge is 2.13. The minimum absolute atomic E-state index is 0.0114. The molecule has 3 N–H and O–H groups in total.